The number of hydrogen-bond donors (Lipinski definition) is 0. The maximum atomic E-state index is 13.2. The van der Waals surface area contributed by atoms with Crippen molar-refractivity contribution in [2.75, 3.05) is 13.6 Å². The van der Waals surface area contributed by atoms with Gasteiger partial charge in [-0.3, -0.25) is 9.69 Å². The first kappa shape index (κ1) is 17.8. The van der Waals surface area contributed by atoms with Gasteiger partial charge < -0.3 is 4.90 Å². The van der Waals surface area contributed by atoms with Gasteiger partial charge in [0.2, 0.25) is 0 Å². The van der Waals surface area contributed by atoms with Crippen LogP contribution in [0.3, 0.4) is 0 Å². The van der Waals surface area contributed by atoms with E-state index in [1.54, 1.807) is 18.2 Å². The van der Waals surface area contributed by atoms with Crippen molar-refractivity contribution < 1.29 is 4.79 Å². The number of piperidine rings is 1. The van der Waals surface area contributed by atoms with E-state index in [0.717, 1.165) is 19.5 Å². The van der Waals surface area contributed by atoms with Crippen molar-refractivity contribution in [3.05, 3.63) is 69.2 Å². The fourth-order valence-electron chi connectivity index (χ4n) is 4.39. The molecule has 3 nitrogen and oxygen atoms in total. The number of hydrogen-bond acceptors (Lipinski definition) is 2. The van der Waals surface area contributed by atoms with E-state index in [1.165, 1.54) is 24.0 Å². The molecule has 0 unspecified atom stereocenters. The number of fused-ring (bicyclic) bond motifs is 2. The van der Waals surface area contributed by atoms with Gasteiger partial charge in [-0.2, -0.15) is 0 Å². The van der Waals surface area contributed by atoms with Gasteiger partial charge in [-0.15, -0.1) is 0 Å². The molecule has 0 N–H and O–H groups in total. The van der Waals surface area contributed by atoms with E-state index < -0.39 is 0 Å². The molecule has 5 heteroatoms. The minimum Gasteiger partial charge on any atom is -0.333 e. The molecule has 0 spiro atoms. The second-order valence-electron chi connectivity index (χ2n) is 7.22. The summed E-state index contributed by atoms with van der Waals surface area (Å²) in [5.41, 5.74) is 3.17. The standard InChI is InChI=1S/C21H22Cl2N2O/c1-24(21(26)14-9-10-17(22)18(23)12-14)20-16-7-3-2-6-15(16)13-25-11-5-4-8-19(20)25/h2-3,6-7,9-10,12,19-20H,4-5,8,11,13H2,1H3/t19-,20+/m1/s1. The maximum absolute atomic E-state index is 13.2. The maximum Gasteiger partial charge on any atom is 0.254 e. The molecule has 0 aromatic heterocycles. The third-order valence-corrected chi connectivity index (χ3v) is 6.42. The van der Waals surface area contributed by atoms with Gasteiger partial charge in [-0.1, -0.05) is 53.9 Å². The Morgan fingerprint density at radius 1 is 1.12 bits per heavy atom. The summed E-state index contributed by atoms with van der Waals surface area (Å²) in [5, 5.41) is 0.876. The highest BCUT2D eigenvalue weighted by atomic mass is 35.5. The largest absolute Gasteiger partial charge is 0.333 e. The molecule has 2 aliphatic rings. The Labute approximate surface area is 164 Å². The fourth-order valence-corrected chi connectivity index (χ4v) is 4.69. The summed E-state index contributed by atoms with van der Waals surface area (Å²) in [6.45, 7) is 2.08. The first-order valence-corrected chi connectivity index (χ1v) is 9.86. The molecule has 0 radical (unpaired) electrons. The molecule has 1 fully saturated rings. The lowest BCUT2D eigenvalue weighted by Crippen LogP contribution is -2.52. The van der Waals surface area contributed by atoms with Crippen LogP contribution >= 0.6 is 23.2 Å². The molecule has 2 aromatic carbocycles. The van der Waals surface area contributed by atoms with Crippen LogP contribution in [-0.4, -0.2) is 35.3 Å². The lowest BCUT2D eigenvalue weighted by Gasteiger charge is -2.48. The first-order chi connectivity index (χ1) is 12.6. The number of benzene rings is 2. The van der Waals surface area contributed by atoms with Gasteiger partial charge in [0.15, 0.2) is 0 Å². The van der Waals surface area contributed by atoms with E-state index in [9.17, 15) is 4.79 Å². The van der Waals surface area contributed by atoms with E-state index in [0.29, 0.717) is 21.7 Å². The highest BCUT2D eigenvalue weighted by molar-refractivity contribution is 6.42. The zero-order chi connectivity index (χ0) is 18.3. The van der Waals surface area contributed by atoms with Crippen molar-refractivity contribution in [3.8, 4) is 0 Å². The number of halogens is 2. The summed E-state index contributed by atoms with van der Waals surface area (Å²) in [5.74, 6) is -0.0178. The molecule has 1 amide bonds. The second-order valence-corrected chi connectivity index (χ2v) is 8.04. The van der Waals surface area contributed by atoms with Gasteiger partial charge in [0.05, 0.1) is 16.1 Å². The van der Waals surface area contributed by atoms with Crippen LogP contribution in [0.15, 0.2) is 42.5 Å². The SMILES string of the molecule is CN(C(=O)c1ccc(Cl)c(Cl)c1)[C@H]1c2ccccc2CN2CCCC[C@H]12. The van der Waals surface area contributed by atoms with Gasteiger partial charge in [0, 0.05) is 25.2 Å². The predicted molar refractivity (Wildman–Crippen MR) is 106 cm³/mol. The number of rotatable bonds is 2. The molecule has 0 aliphatic carbocycles. The molecule has 2 aromatic rings. The third-order valence-electron chi connectivity index (χ3n) is 5.68. The Balaban J connectivity index is 1.71. The van der Waals surface area contributed by atoms with E-state index in [4.69, 9.17) is 23.2 Å². The zero-order valence-corrected chi connectivity index (χ0v) is 16.3. The quantitative estimate of drug-likeness (QED) is 0.707. The molecular formula is C21H22Cl2N2O. The van der Waals surface area contributed by atoms with Crippen LogP contribution in [0, 0.1) is 0 Å². The molecule has 2 aliphatic heterocycles. The van der Waals surface area contributed by atoms with Crippen LogP contribution in [0.5, 0.6) is 0 Å². The smallest absolute Gasteiger partial charge is 0.254 e. The van der Waals surface area contributed by atoms with Crippen LogP contribution in [0.1, 0.15) is 46.8 Å². The molecule has 1 saturated heterocycles. The van der Waals surface area contributed by atoms with Crippen LogP contribution < -0.4 is 0 Å². The number of carbonyl (C=O) groups excluding carboxylic acids is 1. The molecule has 2 heterocycles. The Kier molecular flexibility index (Phi) is 4.96. The van der Waals surface area contributed by atoms with E-state index in [-0.39, 0.29) is 11.9 Å². The summed E-state index contributed by atoms with van der Waals surface area (Å²) in [6.07, 6.45) is 3.57. The zero-order valence-electron chi connectivity index (χ0n) is 14.8. The van der Waals surface area contributed by atoms with Crippen molar-refractivity contribution in [2.45, 2.75) is 37.9 Å². The molecule has 4 rings (SSSR count). The molecular weight excluding hydrogens is 367 g/mol. The van der Waals surface area contributed by atoms with Gasteiger partial charge in [0.25, 0.3) is 5.91 Å². The minimum absolute atomic E-state index is 0.0178. The average molecular weight is 389 g/mol. The predicted octanol–water partition coefficient (Wildman–Crippen LogP) is 5.17. The first-order valence-electron chi connectivity index (χ1n) is 9.10. The Bertz CT molecular complexity index is 839. The number of likely N-dealkylation sites (N-methyl/N-ethyl adjacent to an activating group) is 1. The molecule has 0 bridgehead atoms. The van der Waals surface area contributed by atoms with Gasteiger partial charge >= 0.3 is 0 Å². The van der Waals surface area contributed by atoms with Crippen molar-refractivity contribution in [3.63, 3.8) is 0 Å². The average Bonchev–Trinajstić information content (AvgIpc) is 2.67. The van der Waals surface area contributed by atoms with Crippen LogP contribution in [0.2, 0.25) is 10.0 Å². The molecule has 0 saturated carbocycles. The molecule has 2 atom stereocenters. The highest BCUT2D eigenvalue weighted by Gasteiger charge is 2.39. The van der Waals surface area contributed by atoms with Crippen molar-refractivity contribution in [2.24, 2.45) is 0 Å². The lowest BCUT2D eigenvalue weighted by molar-refractivity contribution is 0.0345. The van der Waals surface area contributed by atoms with Crippen molar-refractivity contribution in [1.82, 2.24) is 9.80 Å². The summed E-state index contributed by atoms with van der Waals surface area (Å²) < 4.78 is 0. The number of carbonyl (C=O) groups is 1. The van der Waals surface area contributed by atoms with E-state index in [2.05, 4.69) is 29.2 Å². The van der Waals surface area contributed by atoms with Gasteiger partial charge in [-0.25, -0.2) is 0 Å². The van der Waals surface area contributed by atoms with Crippen LogP contribution in [0.25, 0.3) is 0 Å². The van der Waals surface area contributed by atoms with Gasteiger partial charge in [-0.05, 0) is 48.7 Å². The van der Waals surface area contributed by atoms with Crippen LogP contribution in [-0.2, 0) is 6.54 Å². The molecule has 26 heavy (non-hydrogen) atoms. The number of amides is 1. The fraction of sp³-hybridized carbons (Fsp3) is 0.381. The second kappa shape index (κ2) is 7.22. The Hall–Kier alpha value is -1.55. The van der Waals surface area contributed by atoms with E-state index in [1.807, 2.05) is 11.9 Å². The normalized spacial score (nSPS) is 22.4. The summed E-state index contributed by atoms with van der Waals surface area (Å²) in [6, 6.07) is 14.0. The Morgan fingerprint density at radius 2 is 1.92 bits per heavy atom. The lowest BCUT2D eigenvalue weighted by atomic mass is 9.83. The van der Waals surface area contributed by atoms with Crippen molar-refractivity contribution >= 4 is 29.1 Å². The van der Waals surface area contributed by atoms with Crippen LogP contribution in [0.4, 0.5) is 0 Å². The summed E-state index contributed by atoms with van der Waals surface area (Å²) in [7, 11) is 1.91. The van der Waals surface area contributed by atoms with E-state index >= 15 is 0 Å². The van der Waals surface area contributed by atoms with Crippen molar-refractivity contribution in [1.29, 1.82) is 0 Å². The summed E-state index contributed by atoms with van der Waals surface area (Å²) >= 11 is 12.1. The monoisotopic (exact) mass is 388 g/mol. The Morgan fingerprint density at radius 3 is 2.73 bits per heavy atom. The molecule has 136 valence electrons. The topological polar surface area (TPSA) is 23.6 Å². The third kappa shape index (κ3) is 3.13. The summed E-state index contributed by atoms with van der Waals surface area (Å²) in [4.78, 5) is 17.6. The minimum atomic E-state index is -0.0178. The van der Waals surface area contributed by atoms with Gasteiger partial charge in [0.1, 0.15) is 0 Å². The highest BCUT2D eigenvalue weighted by Crippen LogP contribution is 2.40. The number of nitrogens with zero attached hydrogens (tertiary/aromatic N) is 2.